The van der Waals surface area contributed by atoms with Crippen LogP contribution in [0.2, 0.25) is 0 Å². The fourth-order valence-electron chi connectivity index (χ4n) is 8.47. The van der Waals surface area contributed by atoms with E-state index in [4.69, 9.17) is 10.6 Å². The lowest BCUT2D eigenvalue weighted by Gasteiger charge is -2.63. The summed E-state index contributed by atoms with van der Waals surface area (Å²) in [5.74, 6) is 2.10. The van der Waals surface area contributed by atoms with Crippen LogP contribution in [0.15, 0.2) is 11.6 Å². The second-order valence-corrected chi connectivity index (χ2v) is 12.1. The summed E-state index contributed by atoms with van der Waals surface area (Å²) in [5.41, 5.74) is 9.66. The van der Waals surface area contributed by atoms with Crippen molar-refractivity contribution in [3.8, 4) is 0 Å². The fraction of sp³-hybridized carbons (Fsp3) is 0.926. The normalized spacial score (nSPS) is 46.4. The number of unbranched alkanes of at least 4 members (excludes halogenated alkanes) is 1. The van der Waals surface area contributed by atoms with E-state index in [1.54, 1.807) is 0 Å². The molecule has 8 atom stereocenters. The second-order valence-electron chi connectivity index (χ2n) is 12.1. The summed E-state index contributed by atoms with van der Waals surface area (Å²) in [5, 5.41) is 22.5. The first-order chi connectivity index (χ1) is 15.2. The molecule has 0 aliphatic heterocycles. The lowest BCUT2D eigenvalue weighted by atomic mass is 9.43. The molecule has 0 heterocycles. The summed E-state index contributed by atoms with van der Waals surface area (Å²) in [6.45, 7) is 9.20. The molecule has 3 unspecified atom stereocenters. The zero-order chi connectivity index (χ0) is 23.0. The molecule has 4 aliphatic rings. The summed E-state index contributed by atoms with van der Waals surface area (Å²) in [4.78, 5) is 5.55. The maximum atomic E-state index is 12.3. The lowest BCUT2D eigenvalue weighted by Crippen LogP contribution is -2.62. The molecule has 32 heavy (non-hydrogen) atoms. The van der Waals surface area contributed by atoms with Gasteiger partial charge in [-0.1, -0.05) is 25.5 Å². The van der Waals surface area contributed by atoms with Gasteiger partial charge in [-0.25, -0.2) is 0 Å². The molecule has 0 amide bonds. The van der Waals surface area contributed by atoms with E-state index in [2.05, 4.69) is 32.3 Å². The maximum absolute atomic E-state index is 12.3. The van der Waals surface area contributed by atoms with Crippen molar-refractivity contribution in [3.05, 3.63) is 11.6 Å². The van der Waals surface area contributed by atoms with Gasteiger partial charge in [0.2, 0.25) is 0 Å². The molecule has 0 aromatic heterocycles. The highest BCUT2D eigenvalue weighted by Gasteiger charge is 2.66. The summed E-state index contributed by atoms with van der Waals surface area (Å²) >= 11 is 0. The topological polar surface area (TPSA) is 87.7 Å². The number of allylic oxidation sites excluding steroid dienone is 1. The van der Waals surface area contributed by atoms with E-state index in [1.807, 2.05) is 0 Å². The minimum atomic E-state index is -0.548. The van der Waals surface area contributed by atoms with Crippen molar-refractivity contribution >= 4 is 0 Å². The van der Waals surface area contributed by atoms with Crippen LogP contribution in [0.3, 0.4) is 0 Å². The van der Waals surface area contributed by atoms with Crippen LogP contribution in [0.25, 0.3) is 0 Å². The fourth-order valence-corrected chi connectivity index (χ4v) is 8.47. The van der Waals surface area contributed by atoms with Gasteiger partial charge in [0.1, 0.15) is 0 Å². The molecule has 4 rings (SSSR count). The third kappa shape index (κ3) is 4.22. The Morgan fingerprint density at radius 3 is 2.66 bits per heavy atom. The Labute approximate surface area is 195 Å². The quantitative estimate of drug-likeness (QED) is 0.252. The predicted octanol–water partition coefficient (Wildman–Crippen LogP) is 4.33. The van der Waals surface area contributed by atoms with Gasteiger partial charge in [-0.15, -0.1) is 0 Å². The molecule has 0 bridgehead atoms. The minimum absolute atomic E-state index is 0.0329. The van der Waals surface area contributed by atoms with E-state index in [9.17, 15) is 10.2 Å². The summed E-state index contributed by atoms with van der Waals surface area (Å²) in [6.07, 6.45) is 14.0. The summed E-state index contributed by atoms with van der Waals surface area (Å²) in [6, 6.07) is 0. The standard InChI is InChI=1S/C27H48N2O3/c1-19(18-29-32-15-5-4-14-28)16-21-8-13-27(31)24-7-6-20-17-22(30)9-11-25(20,2)23(24)10-12-26(21,27)3/h16,20-24,29-31H,4-15,17-18,28H2,1-3H3/b19-16+/t20?,21?,22?,23-,24-,25+,26-,27-/m1/s1. The molecular formula is C27H48N2O3. The highest BCUT2D eigenvalue weighted by molar-refractivity contribution is 5.21. The van der Waals surface area contributed by atoms with Crippen molar-refractivity contribution in [2.24, 2.45) is 40.2 Å². The number of nitrogens with two attached hydrogens (primary N) is 1. The van der Waals surface area contributed by atoms with E-state index in [0.29, 0.717) is 35.7 Å². The molecule has 0 spiro atoms. The monoisotopic (exact) mass is 448 g/mol. The molecular weight excluding hydrogens is 400 g/mol. The number of fused-ring (bicyclic) bond motifs is 5. The Kier molecular flexibility index (Phi) is 7.44. The summed E-state index contributed by atoms with van der Waals surface area (Å²) < 4.78 is 0. The average molecular weight is 449 g/mol. The van der Waals surface area contributed by atoms with Gasteiger partial charge in [-0.2, -0.15) is 5.48 Å². The molecule has 5 nitrogen and oxygen atoms in total. The molecule has 0 aromatic rings. The third-order valence-corrected chi connectivity index (χ3v) is 10.5. The zero-order valence-electron chi connectivity index (χ0n) is 20.7. The van der Waals surface area contributed by atoms with Gasteiger partial charge >= 0.3 is 0 Å². The first-order valence-corrected chi connectivity index (χ1v) is 13.4. The molecule has 4 fully saturated rings. The van der Waals surface area contributed by atoms with E-state index < -0.39 is 5.60 Å². The Balaban J connectivity index is 1.42. The smallest absolute Gasteiger partial charge is 0.0737 e. The van der Waals surface area contributed by atoms with Gasteiger partial charge in [-0.05, 0) is 113 Å². The molecule has 4 saturated carbocycles. The SMILES string of the molecule is C/C(=C\C1CC[C@@]2(O)[C@@H]3CCC4CC(O)CC[C@]4(C)[C@@H]3CC[C@]12C)CNOCCCCN. The van der Waals surface area contributed by atoms with Gasteiger partial charge in [0.25, 0.3) is 0 Å². The molecule has 0 saturated heterocycles. The molecule has 0 radical (unpaired) electrons. The first-order valence-electron chi connectivity index (χ1n) is 13.4. The lowest BCUT2D eigenvalue weighted by molar-refractivity contribution is -0.207. The van der Waals surface area contributed by atoms with E-state index in [1.165, 1.54) is 18.4 Å². The van der Waals surface area contributed by atoms with Gasteiger partial charge in [-0.3, -0.25) is 0 Å². The van der Waals surface area contributed by atoms with Crippen molar-refractivity contribution < 1.29 is 15.1 Å². The van der Waals surface area contributed by atoms with Crippen LogP contribution in [-0.2, 0) is 4.84 Å². The van der Waals surface area contributed by atoms with Crippen LogP contribution in [-0.4, -0.2) is 41.6 Å². The number of rotatable bonds is 8. The summed E-state index contributed by atoms with van der Waals surface area (Å²) in [7, 11) is 0. The highest BCUT2D eigenvalue weighted by Crippen LogP contribution is 2.69. The van der Waals surface area contributed by atoms with Crippen molar-refractivity contribution in [3.63, 3.8) is 0 Å². The van der Waals surface area contributed by atoms with Crippen molar-refractivity contribution in [1.82, 2.24) is 5.48 Å². The van der Waals surface area contributed by atoms with Gasteiger partial charge in [0, 0.05) is 12.0 Å². The van der Waals surface area contributed by atoms with Crippen LogP contribution in [0.4, 0.5) is 0 Å². The Morgan fingerprint density at radius 2 is 1.88 bits per heavy atom. The Bertz CT molecular complexity index is 684. The van der Waals surface area contributed by atoms with Crippen LogP contribution in [0, 0.1) is 34.5 Å². The molecule has 5 heteroatoms. The van der Waals surface area contributed by atoms with Gasteiger partial charge in [0.05, 0.1) is 18.3 Å². The van der Waals surface area contributed by atoms with Crippen molar-refractivity contribution in [2.75, 3.05) is 19.7 Å². The van der Waals surface area contributed by atoms with E-state index in [-0.39, 0.29) is 11.5 Å². The maximum Gasteiger partial charge on any atom is 0.0737 e. The van der Waals surface area contributed by atoms with Crippen molar-refractivity contribution in [2.45, 2.75) is 103 Å². The van der Waals surface area contributed by atoms with Crippen LogP contribution >= 0.6 is 0 Å². The van der Waals surface area contributed by atoms with Gasteiger partial charge < -0.3 is 20.8 Å². The highest BCUT2D eigenvalue weighted by atomic mass is 16.6. The average Bonchev–Trinajstić information content (AvgIpc) is 3.02. The number of hydrogen-bond acceptors (Lipinski definition) is 5. The molecule has 4 aliphatic carbocycles. The molecule has 0 aromatic carbocycles. The van der Waals surface area contributed by atoms with Crippen molar-refractivity contribution in [1.29, 1.82) is 0 Å². The largest absolute Gasteiger partial charge is 0.393 e. The van der Waals surface area contributed by atoms with E-state index >= 15 is 0 Å². The second kappa shape index (κ2) is 9.65. The minimum Gasteiger partial charge on any atom is -0.393 e. The third-order valence-electron chi connectivity index (χ3n) is 10.5. The predicted molar refractivity (Wildman–Crippen MR) is 129 cm³/mol. The number of aliphatic hydroxyl groups excluding tert-OH is 1. The molecule has 184 valence electrons. The number of nitrogens with one attached hydrogen (secondary N) is 1. The van der Waals surface area contributed by atoms with Crippen LogP contribution in [0.1, 0.15) is 91.4 Å². The van der Waals surface area contributed by atoms with Crippen LogP contribution < -0.4 is 11.2 Å². The molecule has 5 N–H and O–H groups in total. The van der Waals surface area contributed by atoms with E-state index in [0.717, 1.165) is 70.9 Å². The number of hydroxylamine groups is 1. The van der Waals surface area contributed by atoms with Crippen LogP contribution in [0.5, 0.6) is 0 Å². The zero-order valence-corrected chi connectivity index (χ0v) is 20.7. The Morgan fingerprint density at radius 1 is 1.06 bits per heavy atom. The number of hydrogen-bond donors (Lipinski definition) is 4. The Hall–Kier alpha value is -0.460. The van der Waals surface area contributed by atoms with Gasteiger partial charge in [0.15, 0.2) is 0 Å². The number of aliphatic hydroxyl groups is 2. The first kappa shape index (κ1) is 24.7.